The zero-order valence-corrected chi connectivity index (χ0v) is 9.51. The molecule has 0 atom stereocenters. The molecule has 86 valence electrons. The van der Waals surface area contributed by atoms with E-state index in [1.165, 1.54) is 0 Å². The molecule has 4 nitrogen and oxygen atoms in total. The van der Waals surface area contributed by atoms with Gasteiger partial charge in [-0.3, -0.25) is 9.48 Å². The summed E-state index contributed by atoms with van der Waals surface area (Å²) >= 11 is 0. The summed E-state index contributed by atoms with van der Waals surface area (Å²) in [5.41, 5.74) is 2.17. The molecule has 0 bridgehead atoms. The van der Waals surface area contributed by atoms with E-state index in [4.69, 9.17) is 4.74 Å². The molecule has 0 unspecified atom stereocenters. The number of para-hydroxylation sites is 1. The number of hydrogen-bond acceptors (Lipinski definition) is 3. The van der Waals surface area contributed by atoms with Gasteiger partial charge in [-0.15, -0.1) is 0 Å². The van der Waals surface area contributed by atoms with Gasteiger partial charge in [0.1, 0.15) is 11.4 Å². The van der Waals surface area contributed by atoms with Crippen LogP contribution in [0.1, 0.15) is 21.6 Å². The zero-order valence-electron chi connectivity index (χ0n) is 9.51. The number of ketones is 1. The highest BCUT2D eigenvalue weighted by Gasteiger charge is 2.22. The second-order valence-electron chi connectivity index (χ2n) is 4.10. The van der Waals surface area contributed by atoms with Gasteiger partial charge in [0.25, 0.3) is 0 Å². The van der Waals surface area contributed by atoms with E-state index < -0.39 is 0 Å². The van der Waals surface area contributed by atoms with Crippen LogP contribution in [0.25, 0.3) is 0 Å². The van der Waals surface area contributed by atoms with E-state index in [0.29, 0.717) is 17.9 Å². The van der Waals surface area contributed by atoms with Gasteiger partial charge in [-0.2, -0.15) is 5.10 Å². The minimum atomic E-state index is -0.0793. The van der Waals surface area contributed by atoms with E-state index in [1.807, 2.05) is 12.1 Å². The summed E-state index contributed by atoms with van der Waals surface area (Å²) in [7, 11) is 1.79. The van der Waals surface area contributed by atoms with Crippen molar-refractivity contribution >= 4 is 5.78 Å². The summed E-state index contributed by atoms with van der Waals surface area (Å²) < 4.78 is 7.15. The molecule has 3 rings (SSSR count). The number of fused-ring (bicyclic) bond motifs is 1. The molecule has 2 heterocycles. The molecule has 0 saturated carbocycles. The summed E-state index contributed by atoms with van der Waals surface area (Å²) in [4.78, 5) is 12.3. The van der Waals surface area contributed by atoms with Crippen LogP contribution in [-0.4, -0.2) is 22.2 Å². The lowest BCUT2D eigenvalue weighted by Gasteiger charge is -2.05. The smallest absolute Gasteiger partial charge is 0.216 e. The summed E-state index contributed by atoms with van der Waals surface area (Å²) in [5.74, 6) is 0.646. The Labute approximate surface area is 98.8 Å². The van der Waals surface area contributed by atoms with Crippen LogP contribution in [0.3, 0.4) is 0 Å². The van der Waals surface area contributed by atoms with Gasteiger partial charge in [0.15, 0.2) is 0 Å². The first-order valence-electron chi connectivity index (χ1n) is 5.55. The summed E-state index contributed by atoms with van der Waals surface area (Å²) in [6, 6.07) is 7.40. The highest BCUT2D eigenvalue weighted by molar-refractivity contribution is 6.09. The molecule has 2 aromatic rings. The van der Waals surface area contributed by atoms with Gasteiger partial charge in [0, 0.05) is 19.7 Å². The molecule has 1 aromatic carbocycles. The number of nitrogens with zero attached hydrogens (tertiary/aromatic N) is 2. The summed E-state index contributed by atoms with van der Waals surface area (Å²) in [6.07, 6.45) is 2.63. The van der Waals surface area contributed by atoms with Gasteiger partial charge in [0.05, 0.1) is 12.2 Å². The maximum absolute atomic E-state index is 12.3. The lowest BCUT2D eigenvalue weighted by molar-refractivity contribution is 0.103. The van der Waals surface area contributed by atoms with Crippen LogP contribution < -0.4 is 4.74 Å². The molecule has 0 N–H and O–H groups in total. The normalized spacial score (nSPS) is 13.2. The highest BCUT2D eigenvalue weighted by Crippen LogP contribution is 2.30. The second-order valence-corrected chi connectivity index (χ2v) is 4.10. The number of benzene rings is 1. The number of aryl methyl sites for hydroxylation is 1. The lowest BCUT2D eigenvalue weighted by Crippen LogP contribution is -2.05. The van der Waals surface area contributed by atoms with Gasteiger partial charge >= 0.3 is 0 Å². The molecule has 1 aromatic heterocycles. The third kappa shape index (κ3) is 1.62. The molecular weight excluding hydrogens is 216 g/mol. The first-order valence-corrected chi connectivity index (χ1v) is 5.55. The molecule has 0 spiro atoms. The highest BCUT2D eigenvalue weighted by atomic mass is 16.5. The Bertz CT molecular complexity index is 587. The van der Waals surface area contributed by atoms with Crippen LogP contribution in [0.4, 0.5) is 0 Å². The Morgan fingerprint density at radius 1 is 1.41 bits per heavy atom. The number of rotatable bonds is 2. The van der Waals surface area contributed by atoms with Crippen molar-refractivity contribution in [3.05, 3.63) is 47.3 Å². The molecule has 0 saturated heterocycles. The number of hydrogen-bond donors (Lipinski definition) is 0. The SMILES string of the molecule is Cn1ccc(C(=O)c2cccc3c2OCC3)n1. The van der Waals surface area contributed by atoms with Crippen LogP contribution in [-0.2, 0) is 13.5 Å². The van der Waals surface area contributed by atoms with Crippen molar-refractivity contribution in [3.8, 4) is 5.75 Å². The van der Waals surface area contributed by atoms with Crippen molar-refractivity contribution in [3.63, 3.8) is 0 Å². The summed E-state index contributed by atoms with van der Waals surface area (Å²) in [5, 5.41) is 4.12. The van der Waals surface area contributed by atoms with E-state index in [2.05, 4.69) is 5.10 Å². The van der Waals surface area contributed by atoms with Crippen molar-refractivity contribution in [1.82, 2.24) is 9.78 Å². The standard InChI is InChI=1S/C13H12N2O2/c1-15-7-5-11(14-15)12(16)10-4-2-3-9-6-8-17-13(9)10/h2-5,7H,6,8H2,1H3. The predicted molar refractivity (Wildman–Crippen MR) is 62.3 cm³/mol. The van der Waals surface area contributed by atoms with Crippen LogP contribution >= 0.6 is 0 Å². The minimum absolute atomic E-state index is 0.0793. The number of carbonyl (C=O) groups is 1. The fourth-order valence-corrected chi connectivity index (χ4v) is 2.07. The second kappa shape index (κ2) is 3.73. The zero-order chi connectivity index (χ0) is 11.8. The Balaban J connectivity index is 2.05. The molecule has 17 heavy (non-hydrogen) atoms. The molecule has 1 aliphatic heterocycles. The van der Waals surface area contributed by atoms with Gasteiger partial charge < -0.3 is 4.74 Å². The first-order chi connectivity index (χ1) is 8.25. The maximum atomic E-state index is 12.3. The Morgan fingerprint density at radius 2 is 2.29 bits per heavy atom. The van der Waals surface area contributed by atoms with Crippen LogP contribution in [0, 0.1) is 0 Å². The Hall–Kier alpha value is -2.10. The quantitative estimate of drug-likeness (QED) is 0.733. The topological polar surface area (TPSA) is 44.1 Å². The average molecular weight is 228 g/mol. The van der Waals surface area contributed by atoms with Gasteiger partial charge in [0.2, 0.25) is 5.78 Å². The van der Waals surface area contributed by atoms with Gasteiger partial charge in [-0.25, -0.2) is 0 Å². The molecular formula is C13H12N2O2. The summed E-state index contributed by atoms with van der Waals surface area (Å²) in [6.45, 7) is 0.655. The molecule has 4 heteroatoms. The van der Waals surface area contributed by atoms with E-state index in [0.717, 1.165) is 17.7 Å². The molecule has 0 aliphatic carbocycles. The van der Waals surface area contributed by atoms with Crippen molar-refractivity contribution in [2.24, 2.45) is 7.05 Å². The molecule has 1 aliphatic rings. The van der Waals surface area contributed by atoms with Crippen molar-refractivity contribution in [1.29, 1.82) is 0 Å². The number of aromatic nitrogens is 2. The number of ether oxygens (including phenoxy) is 1. The van der Waals surface area contributed by atoms with Crippen LogP contribution in [0.15, 0.2) is 30.5 Å². The monoisotopic (exact) mass is 228 g/mol. The fraction of sp³-hybridized carbons (Fsp3) is 0.231. The largest absolute Gasteiger partial charge is 0.492 e. The first kappa shape index (κ1) is 10.1. The molecule has 0 amide bonds. The van der Waals surface area contributed by atoms with Crippen molar-refractivity contribution in [2.75, 3.05) is 6.61 Å². The Kier molecular flexibility index (Phi) is 2.21. The van der Waals surface area contributed by atoms with Crippen LogP contribution in [0.2, 0.25) is 0 Å². The molecule has 0 fully saturated rings. The Morgan fingerprint density at radius 3 is 3.06 bits per heavy atom. The fourth-order valence-electron chi connectivity index (χ4n) is 2.07. The lowest BCUT2D eigenvalue weighted by atomic mass is 10.0. The molecule has 0 radical (unpaired) electrons. The van der Waals surface area contributed by atoms with Crippen molar-refractivity contribution in [2.45, 2.75) is 6.42 Å². The van der Waals surface area contributed by atoms with E-state index >= 15 is 0 Å². The predicted octanol–water partition coefficient (Wildman–Crippen LogP) is 1.59. The van der Waals surface area contributed by atoms with Gasteiger partial charge in [-0.1, -0.05) is 12.1 Å². The average Bonchev–Trinajstić information content (AvgIpc) is 2.95. The minimum Gasteiger partial charge on any atom is -0.492 e. The van der Waals surface area contributed by atoms with Crippen molar-refractivity contribution < 1.29 is 9.53 Å². The van der Waals surface area contributed by atoms with E-state index in [1.54, 1.807) is 30.1 Å². The third-order valence-electron chi connectivity index (χ3n) is 2.91. The van der Waals surface area contributed by atoms with E-state index in [-0.39, 0.29) is 5.78 Å². The van der Waals surface area contributed by atoms with E-state index in [9.17, 15) is 4.79 Å². The van der Waals surface area contributed by atoms with Crippen LogP contribution in [0.5, 0.6) is 5.75 Å². The number of carbonyl (C=O) groups excluding carboxylic acids is 1. The third-order valence-corrected chi connectivity index (χ3v) is 2.91. The van der Waals surface area contributed by atoms with Gasteiger partial charge in [-0.05, 0) is 17.7 Å². The maximum Gasteiger partial charge on any atom is 0.216 e.